The van der Waals surface area contributed by atoms with Crippen LogP contribution in [0, 0.1) is 17.7 Å². The van der Waals surface area contributed by atoms with E-state index in [1.807, 2.05) is 0 Å². The van der Waals surface area contributed by atoms with Crippen molar-refractivity contribution in [3.63, 3.8) is 0 Å². The van der Waals surface area contributed by atoms with E-state index in [0.29, 0.717) is 46.4 Å². The lowest BCUT2D eigenvalue weighted by atomic mass is 9.86. The molecule has 3 aromatic carbocycles. The van der Waals surface area contributed by atoms with Crippen molar-refractivity contribution in [2.24, 2.45) is 11.8 Å². The average Bonchev–Trinajstić information content (AvgIpc) is 4.05. The highest BCUT2D eigenvalue weighted by Crippen LogP contribution is 2.38. The van der Waals surface area contributed by atoms with Gasteiger partial charge in [-0.05, 0) is 85.5 Å². The second-order valence-corrected chi connectivity index (χ2v) is 15.7. The summed E-state index contributed by atoms with van der Waals surface area (Å²) in [5, 5.41) is 21.6. The van der Waals surface area contributed by atoms with Crippen LogP contribution in [-0.4, -0.2) is 67.5 Å². The number of pyridine rings is 1. The summed E-state index contributed by atoms with van der Waals surface area (Å²) in [6, 6.07) is 16.5. The summed E-state index contributed by atoms with van der Waals surface area (Å²) in [6.07, 6.45) is 4.99. The summed E-state index contributed by atoms with van der Waals surface area (Å²) in [7, 11) is 0. The average molecular weight is 875 g/mol. The first-order valence-corrected chi connectivity index (χ1v) is 20.2. The van der Waals surface area contributed by atoms with Gasteiger partial charge in [-0.25, -0.2) is 9.18 Å². The molecule has 0 amide bonds. The lowest BCUT2D eigenvalue weighted by molar-refractivity contribution is -0.904. The van der Waals surface area contributed by atoms with E-state index in [-0.39, 0.29) is 52.6 Å². The molecule has 1 unspecified atom stereocenters. The fraction of sp³-hybridized carbons (Fsp3) is 0.395. The van der Waals surface area contributed by atoms with Crippen LogP contribution >= 0.6 is 23.2 Å². The Hall–Kier alpha value is -5.09. The Kier molecular flexibility index (Phi) is 15.5. The monoisotopic (exact) mass is 873 g/mol. The fourth-order valence-electron chi connectivity index (χ4n) is 7.32. The minimum Gasteiger partial charge on any atom is -0.554 e. The number of rotatable bonds is 17. The molecule has 60 heavy (non-hydrogen) atoms. The van der Waals surface area contributed by atoms with Crippen molar-refractivity contribution in [3.05, 3.63) is 123 Å². The Balaban J connectivity index is 0.00000195. The van der Waals surface area contributed by atoms with E-state index in [9.17, 15) is 28.0 Å². The molecule has 3 aliphatic heterocycles. The Morgan fingerprint density at radius 1 is 0.967 bits per heavy atom. The number of benzene rings is 3. The number of alkyl halides is 2. The van der Waals surface area contributed by atoms with Gasteiger partial charge in [-0.3, -0.25) is 20.2 Å². The van der Waals surface area contributed by atoms with Crippen molar-refractivity contribution in [2.75, 3.05) is 26.2 Å². The molecule has 1 saturated carbocycles. The second-order valence-electron chi connectivity index (χ2n) is 14.9. The van der Waals surface area contributed by atoms with Crippen molar-refractivity contribution in [3.8, 4) is 11.5 Å². The summed E-state index contributed by atoms with van der Waals surface area (Å²) in [4.78, 5) is 37.6. The van der Waals surface area contributed by atoms with Crippen LogP contribution in [0.5, 0.6) is 11.5 Å². The van der Waals surface area contributed by atoms with Crippen LogP contribution in [0.3, 0.4) is 0 Å². The van der Waals surface area contributed by atoms with Gasteiger partial charge in [0.05, 0.1) is 13.0 Å². The maximum atomic E-state index is 15.0. The maximum absolute atomic E-state index is 15.0. The summed E-state index contributed by atoms with van der Waals surface area (Å²) < 4.78 is 64.7. The van der Waals surface area contributed by atoms with Crippen LogP contribution in [0.15, 0.2) is 79.1 Å². The maximum Gasteiger partial charge on any atom is 0.387 e. The number of esters is 2. The van der Waals surface area contributed by atoms with Gasteiger partial charge in [-0.1, -0.05) is 71.7 Å². The Bertz CT molecular complexity index is 2080. The fourth-order valence-corrected chi connectivity index (χ4v) is 7.93. The molecule has 2 bridgehead atoms. The van der Waals surface area contributed by atoms with Gasteiger partial charge in [0.25, 0.3) is 0 Å². The van der Waals surface area contributed by atoms with Crippen LogP contribution in [0.25, 0.3) is 0 Å². The highest BCUT2D eigenvalue weighted by molar-refractivity contribution is 6.35. The van der Waals surface area contributed by atoms with Crippen molar-refractivity contribution in [1.29, 1.82) is 0 Å². The standard InChI is InChI=1S/C42H43Cl2F3N3O7.CH2O2/c43-32-21-50(53)22-33(44)31(32)19-36(29-11-12-35(57-42(46)47)37(18-29)54-24-27-9-10-27)55-39(51)17-25-5-7-26(8-6-25)20-48-40(30-3-1-2-4-34(30)45)41(52)56-38-23-49-15-13-28(38)14-16-49;2-1-3/h1-8,11-12,18,21-22,27-28,36,38,40,42,48,53H,9-10,13-17,19-20,23-24H2;1H,(H,2,3)/q+1;/p-1/t36-,38-,40?;/m0./s1. The minimum absolute atomic E-state index is 0.0166. The first-order chi connectivity index (χ1) is 28.9. The number of carboxylic acid groups (broad SMARTS) is 1. The van der Waals surface area contributed by atoms with E-state index >= 15 is 0 Å². The molecule has 12 nitrogen and oxygen atoms in total. The molecule has 8 rings (SSSR count). The van der Waals surface area contributed by atoms with Crippen LogP contribution in [0.2, 0.25) is 10.0 Å². The van der Waals surface area contributed by atoms with Gasteiger partial charge in [-0.15, -0.1) is 0 Å². The van der Waals surface area contributed by atoms with Crippen LogP contribution in [-0.2, 0) is 43.2 Å². The lowest BCUT2D eigenvalue weighted by Gasteiger charge is -2.44. The van der Waals surface area contributed by atoms with E-state index < -0.39 is 43.0 Å². The number of nitrogens with one attached hydrogen (secondary N) is 1. The number of ether oxygens (including phenoxy) is 4. The number of piperidine rings is 3. The Labute approximate surface area is 354 Å². The van der Waals surface area contributed by atoms with Gasteiger partial charge in [0.1, 0.15) is 34.1 Å². The topological polar surface area (TPSA) is 151 Å². The van der Waals surface area contributed by atoms with Gasteiger partial charge in [-0.2, -0.15) is 8.78 Å². The predicted molar refractivity (Wildman–Crippen MR) is 209 cm³/mol. The van der Waals surface area contributed by atoms with Gasteiger partial charge in [0.2, 0.25) is 12.4 Å². The molecule has 4 aliphatic rings. The molecule has 4 heterocycles. The smallest absolute Gasteiger partial charge is 0.387 e. The zero-order chi connectivity index (χ0) is 42.8. The molecule has 3 atom stereocenters. The number of hydrogen-bond acceptors (Lipinski definition) is 11. The third-order valence-corrected chi connectivity index (χ3v) is 11.3. The number of fused-ring (bicyclic) bond motifs is 3. The highest BCUT2D eigenvalue weighted by Gasteiger charge is 2.38. The molecule has 3 saturated heterocycles. The molecule has 0 spiro atoms. The van der Waals surface area contributed by atoms with E-state index in [1.165, 1.54) is 36.7 Å². The van der Waals surface area contributed by atoms with Crippen LogP contribution < -0.4 is 24.6 Å². The van der Waals surface area contributed by atoms with Crippen molar-refractivity contribution < 1.29 is 61.5 Å². The van der Waals surface area contributed by atoms with E-state index in [1.54, 1.807) is 42.5 Å². The number of carbonyl (C=O) groups is 3. The van der Waals surface area contributed by atoms with E-state index in [2.05, 4.69) is 10.2 Å². The molecular weight excluding hydrogens is 830 g/mol. The van der Waals surface area contributed by atoms with Gasteiger partial charge < -0.3 is 28.8 Å². The van der Waals surface area contributed by atoms with Crippen molar-refractivity contribution >= 4 is 41.6 Å². The van der Waals surface area contributed by atoms with Crippen LogP contribution in [0.4, 0.5) is 13.2 Å². The molecule has 4 aromatic rings. The molecular formula is C43H44Cl2F3N3O9. The normalized spacial score (nSPS) is 19.1. The quantitative estimate of drug-likeness (QED) is 0.0561. The Morgan fingerprint density at radius 2 is 1.63 bits per heavy atom. The lowest BCUT2D eigenvalue weighted by Crippen LogP contribution is -2.52. The summed E-state index contributed by atoms with van der Waals surface area (Å²) in [6.45, 7) is -0.371. The number of aromatic nitrogens is 1. The highest BCUT2D eigenvalue weighted by atomic mass is 35.5. The van der Waals surface area contributed by atoms with Crippen LogP contribution in [0.1, 0.15) is 65.6 Å². The number of halogens is 5. The third-order valence-electron chi connectivity index (χ3n) is 10.7. The van der Waals surface area contributed by atoms with Gasteiger partial charge in [0.15, 0.2) is 11.5 Å². The SMILES string of the molecule is O=C(Cc1ccc(CNC(C(=O)O[C@H]2CN3CCC2CC3)c2ccccc2F)cc1)O[C@@H](Cc1c(Cl)c[n+](O)cc1Cl)c1ccc(OC(F)F)c(OCC2CC2)c1.O=C[O-]. The number of carbonyl (C=O) groups excluding carboxylic acids is 3. The summed E-state index contributed by atoms with van der Waals surface area (Å²) in [5.74, 6) is -1.10. The molecule has 0 radical (unpaired) electrons. The second kappa shape index (κ2) is 20.9. The van der Waals surface area contributed by atoms with E-state index in [4.69, 9.17) is 52.1 Å². The zero-order valence-corrected chi connectivity index (χ0v) is 33.8. The third kappa shape index (κ3) is 12.2. The minimum atomic E-state index is -3.08. The molecule has 320 valence electrons. The molecule has 4 fully saturated rings. The Morgan fingerprint density at radius 3 is 2.25 bits per heavy atom. The zero-order valence-electron chi connectivity index (χ0n) is 32.3. The first-order valence-electron chi connectivity index (χ1n) is 19.4. The summed E-state index contributed by atoms with van der Waals surface area (Å²) >= 11 is 12.9. The molecule has 1 aromatic heterocycles. The molecule has 1 aliphatic carbocycles. The van der Waals surface area contributed by atoms with Crippen molar-refractivity contribution in [1.82, 2.24) is 10.2 Å². The van der Waals surface area contributed by atoms with Gasteiger partial charge >= 0.3 is 18.6 Å². The number of nitrogens with zero attached hydrogens (tertiary/aromatic N) is 2. The predicted octanol–water partition coefficient (Wildman–Crippen LogP) is 5.95. The van der Waals surface area contributed by atoms with Gasteiger partial charge in [0, 0.05) is 41.8 Å². The van der Waals surface area contributed by atoms with E-state index in [0.717, 1.165) is 44.3 Å². The van der Waals surface area contributed by atoms with Crippen molar-refractivity contribution in [2.45, 2.75) is 69.9 Å². The molecule has 17 heteroatoms. The largest absolute Gasteiger partial charge is 0.554 e. The number of hydrogen-bond donors (Lipinski definition) is 2. The first kappa shape index (κ1) is 44.5. The molecule has 2 N–H and O–H groups in total. The summed E-state index contributed by atoms with van der Waals surface area (Å²) in [5.41, 5.74) is 2.40.